The Hall–Kier alpha value is -0.570. The highest BCUT2D eigenvalue weighted by Gasteiger charge is 2.36. The minimum Gasteiger partial charge on any atom is -0.380 e. The Labute approximate surface area is 66.6 Å². The van der Waals surface area contributed by atoms with Gasteiger partial charge in [0.25, 0.3) is 0 Å². The van der Waals surface area contributed by atoms with Crippen LogP contribution in [0.4, 0.5) is 0 Å². The van der Waals surface area contributed by atoms with Crippen LogP contribution in [0, 0.1) is 5.92 Å². The van der Waals surface area contributed by atoms with Crippen molar-refractivity contribution in [3.05, 3.63) is 0 Å². The Bertz CT molecular complexity index is 159. The van der Waals surface area contributed by atoms with Crippen molar-refractivity contribution in [2.75, 3.05) is 0 Å². The van der Waals surface area contributed by atoms with Crippen molar-refractivity contribution in [1.29, 1.82) is 0 Å². The molecule has 0 spiro atoms. The lowest BCUT2D eigenvalue weighted by atomic mass is 9.79. The average Bonchev–Trinajstić information content (AvgIpc) is 1.95. The molecular weight excluding hydrogens is 142 g/mol. The summed E-state index contributed by atoms with van der Waals surface area (Å²) in [5.74, 6) is 0.0547. The monoisotopic (exact) mass is 157 g/mol. The lowest BCUT2D eigenvalue weighted by Gasteiger charge is -2.31. The molecule has 0 unspecified atom stereocenters. The molecule has 11 heavy (non-hydrogen) atoms. The van der Waals surface area contributed by atoms with Crippen LogP contribution in [0.15, 0.2) is 0 Å². The Morgan fingerprint density at radius 2 is 2.00 bits per heavy atom. The molecule has 1 aliphatic carbocycles. The molecule has 0 aromatic carbocycles. The Kier molecular flexibility index (Phi) is 2.18. The van der Waals surface area contributed by atoms with Gasteiger partial charge >= 0.3 is 0 Å². The Morgan fingerprint density at radius 1 is 1.55 bits per heavy atom. The van der Waals surface area contributed by atoms with Crippen LogP contribution < -0.4 is 5.73 Å². The third-order valence-corrected chi connectivity index (χ3v) is 2.56. The zero-order valence-corrected chi connectivity index (χ0v) is 6.84. The molecule has 1 rings (SSSR count). The van der Waals surface area contributed by atoms with E-state index in [1.165, 1.54) is 0 Å². The lowest BCUT2D eigenvalue weighted by molar-refractivity contribution is -0.140. The number of carbonyl (C=O) groups excluding carboxylic acids is 1. The first-order valence-corrected chi connectivity index (χ1v) is 4.07. The maximum Gasteiger partial charge on any atom is 0.249 e. The molecule has 0 aromatic rings. The van der Waals surface area contributed by atoms with Crippen molar-refractivity contribution in [2.45, 2.75) is 38.2 Å². The molecule has 0 saturated heterocycles. The second kappa shape index (κ2) is 2.81. The first-order valence-electron chi connectivity index (χ1n) is 4.07. The second-order valence-electron chi connectivity index (χ2n) is 3.58. The molecule has 3 N–H and O–H groups in total. The second-order valence-corrected chi connectivity index (χ2v) is 3.58. The first-order chi connectivity index (χ1) is 5.04. The summed E-state index contributed by atoms with van der Waals surface area (Å²) in [5.41, 5.74) is 3.86. The van der Waals surface area contributed by atoms with E-state index in [9.17, 15) is 9.90 Å². The molecule has 3 heteroatoms. The van der Waals surface area contributed by atoms with Gasteiger partial charge in [-0.2, -0.15) is 0 Å². The van der Waals surface area contributed by atoms with Gasteiger partial charge in [0.2, 0.25) is 5.91 Å². The molecule has 1 aliphatic rings. The maximum atomic E-state index is 10.8. The van der Waals surface area contributed by atoms with Crippen LogP contribution in [0.1, 0.15) is 32.6 Å². The average molecular weight is 157 g/mol. The van der Waals surface area contributed by atoms with Gasteiger partial charge in [-0.05, 0) is 31.6 Å². The predicted molar refractivity (Wildman–Crippen MR) is 41.8 cm³/mol. The number of carbonyl (C=O) groups is 1. The van der Waals surface area contributed by atoms with E-state index in [0.717, 1.165) is 12.8 Å². The van der Waals surface area contributed by atoms with E-state index < -0.39 is 11.5 Å². The smallest absolute Gasteiger partial charge is 0.249 e. The molecule has 0 radical (unpaired) electrons. The summed E-state index contributed by atoms with van der Waals surface area (Å²) in [4.78, 5) is 10.8. The Morgan fingerprint density at radius 3 is 2.36 bits per heavy atom. The van der Waals surface area contributed by atoms with Gasteiger partial charge < -0.3 is 10.8 Å². The van der Waals surface area contributed by atoms with E-state index >= 15 is 0 Å². The van der Waals surface area contributed by atoms with E-state index in [1.54, 1.807) is 0 Å². The molecule has 3 nitrogen and oxygen atoms in total. The number of primary amides is 1. The molecule has 0 atom stereocenters. The highest BCUT2D eigenvalue weighted by Crippen LogP contribution is 2.31. The first kappa shape index (κ1) is 8.53. The van der Waals surface area contributed by atoms with Crippen LogP contribution in [0.25, 0.3) is 0 Å². The number of rotatable bonds is 1. The van der Waals surface area contributed by atoms with Crippen LogP contribution in [0.5, 0.6) is 0 Å². The van der Waals surface area contributed by atoms with E-state index in [4.69, 9.17) is 5.73 Å². The van der Waals surface area contributed by atoms with Gasteiger partial charge in [-0.25, -0.2) is 0 Å². The summed E-state index contributed by atoms with van der Waals surface area (Å²) in [5, 5.41) is 9.59. The minimum absolute atomic E-state index is 0.531. The topological polar surface area (TPSA) is 63.3 Å². The fourth-order valence-corrected chi connectivity index (χ4v) is 1.49. The van der Waals surface area contributed by atoms with E-state index in [1.807, 2.05) is 0 Å². The van der Waals surface area contributed by atoms with E-state index in [2.05, 4.69) is 6.92 Å². The van der Waals surface area contributed by atoms with Crippen molar-refractivity contribution in [2.24, 2.45) is 11.7 Å². The van der Waals surface area contributed by atoms with Crippen LogP contribution in [0.2, 0.25) is 0 Å². The van der Waals surface area contributed by atoms with Crippen LogP contribution in [-0.4, -0.2) is 16.6 Å². The SMILES string of the molecule is CC1CCC(O)(C(N)=O)CC1. The van der Waals surface area contributed by atoms with Crippen molar-refractivity contribution in [3.63, 3.8) is 0 Å². The summed E-state index contributed by atoms with van der Waals surface area (Å²) in [6.45, 7) is 2.13. The summed E-state index contributed by atoms with van der Waals surface area (Å²) in [6, 6.07) is 0. The molecule has 1 fully saturated rings. The van der Waals surface area contributed by atoms with Crippen molar-refractivity contribution >= 4 is 5.91 Å². The van der Waals surface area contributed by atoms with E-state index in [0.29, 0.717) is 18.8 Å². The van der Waals surface area contributed by atoms with Crippen molar-refractivity contribution in [1.82, 2.24) is 0 Å². The van der Waals surface area contributed by atoms with Gasteiger partial charge in [0.05, 0.1) is 0 Å². The number of amides is 1. The van der Waals surface area contributed by atoms with E-state index in [-0.39, 0.29) is 0 Å². The lowest BCUT2D eigenvalue weighted by Crippen LogP contribution is -2.46. The number of nitrogens with two attached hydrogens (primary N) is 1. The van der Waals surface area contributed by atoms with Gasteiger partial charge in [0.15, 0.2) is 0 Å². The van der Waals surface area contributed by atoms with Crippen LogP contribution in [-0.2, 0) is 4.79 Å². The molecule has 1 amide bonds. The molecule has 0 aromatic heterocycles. The number of aliphatic hydroxyl groups is 1. The minimum atomic E-state index is -1.20. The quantitative estimate of drug-likeness (QED) is 0.579. The van der Waals surface area contributed by atoms with Gasteiger partial charge in [-0.3, -0.25) is 4.79 Å². The standard InChI is InChI=1S/C8H15NO2/c1-6-2-4-8(11,5-3-6)7(9)10/h6,11H,2-5H2,1H3,(H2,9,10). The third-order valence-electron chi connectivity index (χ3n) is 2.56. The van der Waals surface area contributed by atoms with Crippen molar-refractivity contribution < 1.29 is 9.90 Å². The summed E-state index contributed by atoms with van der Waals surface area (Å²) < 4.78 is 0. The summed E-state index contributed by atoms with van der Waals surface area (Å²) >= 11 is 0. The zero-order chi connectivity index (χ0) is 8.48. The number of hydrogen-bond donors (Lipinski definition) is 2. The predicted octanol–water partition coefficient (Wildman–Crippen LogP) is 0.413. The fourth-order valence-electron chi connectivity index (χ4n) is 1.49. The molecular formula is C8H15NO2. The normalized spacial score (nSPS) is 38.5. The summed E-state index contributed by atoms with van der Waals surface area (Å²) in [7, 11) is 0. The number of hydrogen-bond acceptors (Lipinski definition) is 2. The van der Waals surface area contributed by atoms with Gasteiger partial charge in [0.1, 0.15) is 5.60 Å². The fraction of sp³-hybridized carbons (Fsp3) is 0.875. The van der Waals surface area contributed by atoms with Crippen molar-refractivity contribution in [3.8, 4) is 0 Å². The maximum absolute atomic E-state index is 10.8. The molecule has 1 saturated carbocycles. The largest absolute Gasteiger partial charge is 0.380 e. The zero-order valence-electron chi connectivity index (χ0n) is 6.84. The van der Waals surface area contributed by atoms with Crippen LogP contribution in [0.3, 0.4) is 0 Å². The highest BCUT2D eigenvalue weighted by atomic mass is 16.3. The molecule has 0 aliphatic heterocycles. The Balaban J connectivity index is 2.55. The van der Waals surface area contributed by atoms with Gasteiger partial charge in [0, 0.05) is 0 Å². The summed E-state index contributed by atoms with van der Waals surface area (Å²) in [6.07, 6.45) is 2.87. The molecule has 0 bridgehead atoms. The van der Waals surface area contributed by atoms with Gasteiger partial charge in [-0.15, -0.1) is 0 Å². The van der Waals surface area contributed by atoms with Gasteiger partial charge in [-0.1, -0.05) is 6.92 Å². The molecule has 64 valence electrons. The van der Waals surface area contributed by atoms with Crippen LogP contribution >= 0.6 is 0 Å². The molecule has 0 heterocycles. The third kappa shape index (κ3) is 1.71. The highest BCUT2D eigenvalue weighted by molar-refractivity contribution is 5.83.